The van der Waals surface area contributed by atoms with Crippen LogP contribution in [0, 0.1) is 0 Å². The van der Waals surface area contributed by atoms with Gasteiger partial charge >= 0.3 is 5.69 Å². The van der Waals surface area contributed by atoms with Crippen LogP contribution in [0.25, 0.3) is 0 Å². The second-order valence-electron chi connectivity index (χ2n) is 3.78. The molecule has 1 fully saturated rings. The van der Waals surface area contributed by atoms with Gasteiger partial charge in [-0.25, -0.2) is 4.79 Å². The normalized spacial score (nSPS) is 26.9. The Morgan fingerprint density at radius 3 is 2.89 bits per heavy atom. The fourth-order valence-electron chi connectivity index (χ4n) is 1.71. The maximum atomic E-state index is 11.6. The van der Waals surface area contributed by atoms with E-state index in [1.165, 1.54) is 10.8 Å². The van der Waals surface area contributed by atoms with E-state index in [1.807, 2.05) is 0 Å². The molecule has 0 spiro atoms. The summed E-state index contributed by atoms with van der Waals surface area (Å²) in [5.74, 6) is 0.100. The van der Waals surface area contributed by atoms with Crippen LogP contribution in [0.2, 0.25) is 0 Å². The molecule has 8 nitrogen and oxygen atoms in total. The highest BCUT2D eigenvalue weighted by Crippen LogP contribution is 2.28. The van der Waals surface area contributed by atoms with E-state index in [0.717, 1.165) is 0 Å². The third kappa shape index (κ3) is 2.70. The first-order valence-electron chi connectivity index (χ1n) is 5.01. The highest BCUT2D eigenvalue weighted by atomic mass is 79.9. The Bertz CT molecular complexity index is 480. The number of nitrogen functional groups attached to an aromatic ring is 1. The van der Waals surface area contributed by atoms with E-state index in [2.05, 4.69) is 20.9 Å². The van der Waals surface area contributed by atoms with Crippen LogP contribution >= 0.6 is 15.9 Å². The molecule has 0 saturated carbocycles. The first-order chi connectivity index (χ1) is 8.02. The molecule has 18 heavy (non-hydrogen) atoms. The Balaban J connectivity index is 0.00000162. The number of hydrogen-bond donors (Lipinski definition) is 3. The quantitative estimate of drug-likeness (QED) is 0.598. The average Bonchev–Trinajstić information content (AvgIpc) is 2.65. The van der Waals surface area contributed by atoms with Gasteiger partial charge in [0, 0.05) is 12.6 Å². The SMILES string of the molecule is Nc1nc(=O)n([C@H]2C[C@H](O)[C@@H](CO)O2)cc1Br.O. The average molecular weight is 324 g/mol. The maximum absolute atomic E-state index is 11.6. The lowest BCUT2D eigenvalue weighted by Crippen LogP contribution is -2.28. The van der Waals surface area contributed by atoms with Gasteiger partial charge in [-0.1, -0.05) is 0 Å². The van der Waals surface area contributed by atoms with Gasteiger partial charge in [-0.05, 0) is 15.9 Å². The van der Waals surface area contributed by atoms with Gasteiger partial charge < -0.3 is 26.2 Å². The zero-order valence-corrected chi connectivity index (χ0v) is 10.9. The van der Waals surface area contributed by atoms with Crippen molar-refractivity contribution in [1.82, 2.24) is 9.55 Å². The van der Waals surface area contributed by atoms with E-state index in [1.54, 1.807) is 0 Å². The molecule has 1 aliphatic rings. The summed E-state index contributed by atoms with van der Waals surface area (Å²) in [4.78, 5) is 15.2. The second kappa shape index (κ2) is 5.76. The minimum absolute atomic E-state index is 0. The summed E-state index contributed by atoms with van der Waals surface area (Å²) in [6, 6.07) is 0. The van der Waals surface area contributed by atoms with Crippen molar-refractivity contribution in [3.63, 3.8) is 0 Å². The van der Waals surface area contributed by atoms with E-state index in [0.29, 0.717) is 4.47 Å². The molecule has 2 rings (SSSR count). The van der Waals surface area contributed by atoms with E-state index < -0.39 is 24.1 Å². The van der Waals surface area contributed by atoms with Gasteiger partial charge in [-0.3, -0.25) is 4.57 Å². The molecule has 6 N–H and O–H groups in total. The Morgan fingerprint density at radius 2 is 2.33 bits per heavy atom. The molecule has 1 aromatic rings. The van der Waals surface area contributed by atoms with Crippen LogP contribution in [0.1, 0.15) is 12.6 Å². The number of rotatable bonds is 2. The summed E-state index contributed by atoms with van der Waals surface area (Å²) in [6.45, 7) is -0.296. The third-order valence-corrected chi connectivity index (χ3v) is 3.24. The minimum Gasteiger partial charge on any atom is -0.412 e. The number of hydrogen-bond acceptors (Lipinski definition) is 6. The standard InChI is InChI=1S/C9H12BrN3O4.H2O/c10-4-2-13(9(16)12-8(4)11)7-1-5(15)6(3-14)17-7;/h2,5-7,14-15H,1,3H2,(H2,11,12,16);1H2/t5-,6+,7+;/m0./s1. The number of nitrogens with zero attached hydrogens (tertiary/aromatic N) is 2. The number of halogens is 1. The third-order valence-electron chi connectivity index (χ3n) is 2.63. The van der Waals surface area contributed by atoms with Gasteiger partial charge in [0.2, 0.25) is 0 Å². The molecule has 0 unspecified atom stereocenters. The Labute approximate surface area is 110 Å². The number of aliphatic hydroxyl groups is 2. The van der Waals surface area contributed by atoms with E-state index in [9.17, 15) is 9.90 Å². The summed E-state index contributed by atoms with van der Waals surface area (Å²) < 4.78 is 7.06. The number of anilines is 1. The van der Waals surface area contributed by atoms with Crippen molar-refractivity contribution in [2.45, 2.75) is 24.9 Å². The first kappa shape index (κ1) is 15.1. The van der Waals surface area contributed by atoms with Gasteiger partial charge in [-0.2, -0.15) is 4.98 Å². The van der Waals surface area contributed by atoms with Crippen molar-refractivity contribution in [3.05, 3.63) is 21.2 Å². The summed E-state index contributed by atoms with van der Waals surface area (Å²) in [5.41, 5.74) is 4.91. The molecule has 3 atom stereocenters. The topological polar surface area (TPSA) is 142 Å². The van der Waals surface area contributed by atoms with Crippen molar-refractivity contribution in [1.29, 1.82) is 0 Å². The predicted molar refractivity (Wildman–Crippen MR) is 65.8 cm³/mol. The molecule has 102 valence electrons. The molecular weight excluding hydrogens is 310 g/mol. The Kier molecular flexibility index (Phi) is 4.82. The van der Waals surface area contributed by atoms with Gasteiger partial charge in [0.15, 0.2) is 0 Å². The predicted octanol–water partition coefficient (Wildman–Crippen LogP) is -1.60. The van der Waals surface area contributed by atoms with Crippen LogP contribution < -0.4 is 11.4 Å². The molecule has 1 aliphatic heterocycles. The van der Waals surface area contributed by atoms with Gasteiger partial charge in [-0.15, -0.1) is 0 Å². The summed E-state index contributed by atoms with van der Waals surface area (Å²) in [6.07, 6.45) is -0.430. The summed E-state index contributed by atoms with van der Waals surface area (Å²) in [5, 5.41) is 18.5. The molecule has 1 aromatic heterocycles. The van der Waals surface area contributed by atoms with Crippen molar-refractivity contribution >= 4 is 21.7 Å². The molecule has 9 heteroatoms. The maximum Gasteiger partial charge on any atom is 0.351 e. The number of nitrogens with two attached hydrogens (primary N) is 1. The van der Waals surface area contributed by atoms with Crippen LogP contribution in [0.3, 0.4) is 0 Å². The molecule has 0 aliphatic carbocycles. The van der Waals surface area contributed by atoms with Crippen LogP contribution in [-0.2, 0) is 4.74 Å². The second-order valence-corrected chi connectivity index (χ2v) is 4.63. The molecule has 0 radical (unpaired) electrons. The van der Waals surface area contributed by atoms with Crippen LogP contribution in [0.4, 0.5) is 5.82 Å². The summed E-state index contributed by atoms with van der Waals surface area (Å²) in [7, 11) is 0. The van der Waals surface area contributed by atoms with Crippen LogP contribution in [-0.4, -0.2) is 44.1 Å². The van der Waals surface area contributed by atoms with Gasteiger partial charge in [0.05, 0.1) is 17.2 Å². The Morgan fingerprint density at radius 1 is 1.67 bits per heavy atom. The highest BCUT2D eigenvalue weighted by molar-refractivity contribution is 9.10. The molecule has 0 bridgehead atoms. The van der Waals surface area contributed by atoms with Gasteiger partial charge in [0.25, 0.3) is 0 Å². The largest absolute Gasteiger partial charge is 0.412 e. The number of aliphatic hydroxyl groups excluding tert-OH is 2. The first-order valence-corrected chi connectivity index (χ1v) is 5.80. The van der Waals surface area contributed by atoms with Gasteiger partial charge in [0.1, 0.15) is 18.1 Å². The molecule has 1 saturated heterocycles. The lowest BCUT2D eigenvalue weighted by atomic mass is 10.2. The monoisotopic (exact) mass is 323 g/mol. The molecule has 0 aromatic carbocycles. The molecule has 0 amide bonds. The zero-order chi connectivity index (χ0) is 12.6. The number of aromatic nitrogens is 2. The van der Waals surface area contributed by atoms with Crippen molar-refractivity contribution in [2.75, 3.05) is 12.3 Å². The minimum atomic E-state index is -0.798. The zero-order valence-electron chi connectivity index (χ0n) is 9.28. The van der Waals surface area contributed by atoms with E-state index in [-0.39, 0.29) is 24.3 Å². The van der Waals surface area contributed by atoms with Crippen LogP contribution in [0.15, 0.2) is 15.5 Å². The highest BCUT2D eigenvalue weighted by Gasteiger charge is 2.35. The van der Waals surface area contributed by atoms with Crippen molar-refractivity contribution in [2.24, 2.45) is 0 Å². The lowest BCUT2D eigenvalue weighted by Gasteiger charge is -2.14. The number of ether oxygens (including phenoxy) is 1. The van der Waals surface area contributed by atoms with E-state index in [4.69, 9.17) is 15.6 Å². The fraction of sp³-hybridized carbons (Fsp3) is 0.556. The van der Waals surface area contributed by atoms with Crippen molar-refractivity contribution in [3.8, 4) is 0 Å². The molecule has 2 heterocycles. The smallest absolute Gasteiger partial charge is 0.351 e. The van der Waals surface area contributed by atoms with E-state index >= 15 is 0 Å². The fourth-order valence-corrected chi connectivity index (χ4v) is 2.02. The lowest BCUT2D eigenvalue weighted by molar-refractivity contribution is -0.0459. The van der Waals surface area contributed by atoms with Crippen LogP contribution in [0.5, 0.6) is 0 Å². The Hall–Kier alpha value is -1.00. The summed E-state index contributed by atoms with van der Waals surface area (Å²) >= 11 is 3.16. The molecular formula is C9H14BrN3O5. The van der Waals surface area contributed by atoms with Crippen molar-refractivity contribution < 1.29 is 20.4 Å².